The number of hydrogen-bond acceptors (Lipinski definition) is 0. The molecule has 0 spiro atoms. The molecule has 0 aliphatic carbocycles. The van der Waals surface area contributed by atoms with Crippen LogP contribution in [0.4, 0.5) is 0 Å². The minimum absolute atomic E-state index is 0.0704. The van der Waals surface area contributed by atoms with Gasteiger partial charge in [0.2, 0.25) is 0 Å². The van der Waals surface area contributed by atoms with Crippen LogP contribution in [-0.4, -0.2) is 0 Å². The Morgan fingerprint density at radius 3 is 1.62 bits per heavy atom. The van der Waals surface area contributed by atoms with Crippen molar-refractivity contribution in [1.29, 1.82) is 0 Å². The molecule has 0 aliphatic heterocycles. The van der Waals surface area contributed by atoms with Crippen LogP contribution >= 0.6 is 35.7 Å². The molecule has 1 unspecified atom stereocenters. The molecule has 0 radical (unpaired) electrons. The first kappa shape index (κ1) is 19.9. The Morgan fingerprint density at radius 1 is 0.731 bits per heavy atom. The SMILES string of the molecule is CCCCc1ccc(P(Cl)(PCl)(c2ccccc2)c2ccccc2)cc1. The number of rotatable bonds is 7. The van der Waals surface area contributed by atoms with Crippen LogP contribution in [0.5, 0.6) is 0 Å². The van der Waals surface area contributed by atoms with Crippen molar-refractivity contribution in [1.82, 2.24) is 0 Å². The van der Waals surface area contributed by atoms with Crippen molar-refractivity contribution in [2.45, 2.75) is 26.2 Å². The second-order valence-electron chi connectivity index (χ2n) is 6.53. The van der Waals surface area contributed by atoms with Gasteiger partial charge in [0, 0.05) is 0 Å². The Bertz CT molecular complexity index is 794. The fraction of sp³-hybridized carbons (Fsp3) is 0.182. The van der Waals surface area contributed by atoms with Gasteiger partial charge < -0.3 is 0 Å². The van der Waals surface area contributed by atoms with Crippen LogP contribution in [0.1, 0.15) is 25.3 Å². The van der Waals surface area contributed by atoms with Gasteiger partial charge in [0.05, 0.1) is 0 Å². The zero-order chi connectivity index (χ0) is 18.5. The predicted octanol–water partition coefficient (Wildman–Crippen LogP) is 6.76. The van der Waals surface area contributed by atoms with Crippen LogP contribution in [0.15, 0.2) is 84.9 Å². The third kappa shape index (κ3) is 3.46. The van der Waals surface area contributed by atoms with Gasteiger partial charge in [-0.3, -0.25) is 0 Å². The fourth-order valence-electron chi connectivity index (χ4n) is 3.33. The van der Waals surface area contributed by atoms with Crippen LogP contribution < -0.4 is 15.9 Å². The standard InChI is InChI=1S/C22H24Cl2P2/c1-2-3-10-19-15-17-22(18-16-19)26(24,25-23,20-11-6-4-7-12-20)21-13-8-5-9-14-21/h4-9,11-18,25H,2-3,10H2,1H3. The Morgan fingerprint density at radius 2 is 1.19 bits per heavy atom. The van der Waals surface area contributed by atoms with E-state index in [1.807, 2.05) is 12.1 Å². The Balaban J connectivity index is 2.22. The summed E-state index contributed by atoms with van der Waals surface area (Å²) in [5, 5.41) is 3.39. The van der Waals surface area contributed by atoms with E-state index in [9.17, 15) is 0 Å². The molecule has 0 aliphatic rings. The van der Waals surface area contributed by atoms with Gasteiger partial charge in [-0.2, -0.15) is 0 Å². The first-order valence-electron chi connectivity index (χ1n) is 8.96. The van der Waals surface area contributed by atoms with Gasteiger partial charge in [0.1, 0.15) is 0 Å². The monoisotopic (exact) mass is 420 g/mol. The average Bonchev–Trinajstić information content (AvgIpc) is 2.73. The zero-order valence-electron chi connectivity index (χ0n) is 14.9. The first-order valence-corrected chi connectivity index (χ1v) is 15.0. The molecule has 0 aromatic heterocycles. The third-order valence-electron chi connectivity index (χ3n) is 4.88. The third-order valence-corrected chi connectivity index (χ3v) is 18.6. The molecule has 26 heavy (non-hydrogen) atoms. The molecule has 0 heterocycles. The summed E-state index contributed by atoms with van der Waals surface area (Å²) in [5.41, 5.74) is -1.84. The molecule has 1 atom stereocenters. The maximum atomic E-state index is 7.73. The molecule has 3 aromatic rings. The van der Waals surface area contributed by atoms with E-state index >= 15 is 0 Å². The summed E-state index contributed by atoms with van der Waals surface area (Å²) in [5.74, 6) is 0. The van der Waals surface area contributed by atoms with E-state index in [-0.39, 0.29) is 7.62 Å². The van der Waals surface area contributed by atoms with Crippen molar-refractivity contribution in [2.75, 3.05) is 0 Å². The van der Waals surface area contributed by atoms with Crippen molar-refractivity contribution in [3.63, 3.8) is 0 Å². The molecule has 0 bridgehead atoms. The van der Waals surface area contributed by atoms with Gasteiger partial charge >= 0.3 is 168 Å². The van der Waals surface area contributed by atoms with Crippen LogP contribution in [0.3, 0.4) is 0 Å². The van der Waals surface area contributed by atoms with Crippen LogP contribution in [0.2, 0.25) is 0 Å². The molecule has 3 rings (SSSR count). The van der Waals surface area contributed by atoms with Crippen molar-refractivity contribution in [3.05, 3.63) is 90.5 Å². The normalized spacial score (nSPS) is 13.6. The molecule has 4 heteroatoms. The van der Waals surface area contributed by atoms with Crippen LogP contribution in [0, 0.1) is 0 Å². The molecule has 0 saturated carbocycles. The van der Waals surface area contributed by atoms with Crippen LogP contribution in [-0.2, 0) is 6.42 Å². The predicted molar refractivity (Wildman–Crippen MR) is 124 cm³/mol. The van der Waals surface area contributed by atoms with Crippen molar-refractivity contribution in [2.24, 2.45) is 0 Å². The molecular formula is C22H24Cl2P2. The van der Waals surface area contributed by atoms with Gasteiger partial charge in [-0.25, -0.2) is 0 Å². The number of benzene rings is 3. The summed E-state index contributed by atoms with van der Waals surface area (Å²) in [7, 11) is 0.0704. The zero-order valence-corrected chi connectivity index (χ0v) is 18.3. The van der Waals surface area contributed by atoms with E-state index in [0.29, 0.717) is 0 Å². The van der Waals surface area contributed by atoms with Crippen molar-refractivity contribution >= 4 is 51.7 Å². The van der Waals surface area contributed by atoms with E-state index in [2.05, 4.69) is 79.7 Å². The average molecular weight is 421 g/mol. The first-order chi connectivity index (χ1) is 12.6. The van der Waals surface area contributed by atoms with Gasteiger partial charge in [-0.05, 0) is 0 Å². The second-order valence-corrected chi connectivity index (χ2v) is 17.9. The van der Waals surface area contributed by atoms with E-state index in [1.165, 1.54) is 18.4 Å². The summed E-state index contributed by atoms with van der Waals surface area (Å²) in [6.45, 7) is 2.22. The van der Waals surface area contributed by atoms with E-state index in [0.717, 1.165) is 22.3 Å². The fourth-order valence-corrected chi connectivity index (χ4v) is 12.6. The molecule has 0 amide bonds. The van der Waals surface area contributed by atoms with Crippen molar-refractivity contribution < 1.29 is 0 Å². The number of aryl methyl sites for hydroxylation is 1. The Hall–Kier alpha value is -0.900. The summed E-state index contributed by atoms with van der Waals surface area (Å²) >= 11 is 14.5. The minimum atomic E-state index is -3.19. The summed E-state index contributed by atoms with van der Waals surface area (Å²) in [4.78, 5) is 0. The summed E-state index contributed by atoms with van der Waals surface area (Å²) < 4.78 is 0. The quantitative estimate of drug-likeness (QED) is 0.370. The van der Waals surface area contributed by atoms with Crippen molar-refractivity contribution in [3.8, 4) is 0 Å². The van der Waals surface area contributed by atoms with Gasteiger partial charge in [-0.15, -0.1) is 0 Å². The molecule has 0 saturated heterocycles. The number of halogens is 2. The van der Waals surface area contributed by atoms with Crippen LogP contribution in [0.25, 0.3) is 0 Å². The molecular weight excluding hydrogens is 397 g/mol. The molecule has 0 nitrogen and oxygen atoms in total. The van der Waals surface area contributed by atoms with E-state index in [4.69, 9.17) is 22.5 Å². The number of hydrogen-bond donors (Lipinski definition) is 0. The van der Waals surface area contributed by atoms with E-state index in [1.54, 1.807) is 0 Å². The van der Waals surface area contributed by atoms with Gasteiger partial charge in [-0.1, -0.05) is 0 Å². The summed E-state index contributed by atoms with van der Waals surface area (Å²) in [6.07, 6.45) is 3.52. The Labute approximate surface area is 168 Å². The second kappa shape index (κ2) is 8.41. The molecule has 0 N–H and O–H groups in total. The Kier molecular flexibility index (Phi) is 6.42. The molecule has 0 fully saturated rings. The maximum absolute atomic E-state index is 7.73. The molecule has 136 valence electrons. The van der Waals surface area contributed by atoms with E-state index < -0.39 is 5.64 Å². The molecule has 3 aromatic carbocycles. The van der Waals surface area contributed by atoms with Gasteiger partial charge in [0.15, 0.2) is 0 Å². The summed E-state index contributed by atoms with van der Waals surface area (Å²) in [6, 6.07) is 29.6. The topological polar surface area (TPSA) is 0 Å². The number of unbranched alkanes of at least 4 members (excludes halogenated alkanes) is 1. The van der Waals surface area contributed by atoms with Gasteiger partial charge in [0.25, 0.3) is 0 Å².